The number of imidazole rings is 1. The van der Waals surface area contributed by atoms with E-state index in [4.69, 9.17) is 4.74 Å². The number of fused-ring (bicyclic) bond motifs is 1. The van der Waals surface area contributed by atoms with Gasteiger partial charge in [-0.2, -0.15) is 0 Å². The average molecular weight is 353 g/mol. The van der Waals surface area contributed by atoms with Gasteiger partial charge >= 0.3 is 0 Å². The van der Waals surface area contributed by atoms with Crippen molar-refractivity contribution >= 4 is 11.6 Å². The number of nitrogens with one attached hydrogen (secondary N) is 1. The van der Waals surface area contributed by atoms with Crippen LogP contribution in [0, 0.1) is 13.8 Å². The number of ether oxygens (including phenoxy) is 1. The third kappa shape index (κ3) is 3.11. The Morgan fingerprint density at radius 2 is 2.12 bits per heavy atom. The lowest BCUT2D eigenvalue weighted by Gasteiger charge is -2.32. The van der Waals surface area contributed by atoms with E-state index < -0.39 is 6.10 Å². The third-order valence-electron chi connectivity index (χ3n) is 4.38. The second kappa shape index (κ2) is 6.38. The molecule has 0 saturated carbocycles. The van der Waals surface area contributed by atoms with E-state index in [1.165, 1.54) is 6.07 Å². The van der Waals surface area contributed by atoms with Gasteiger partial charge in [-0.15, -0.1) is 0 Å². The van der Waals surface area contributed by atoms with Gasteiger partial charge in [-0.05, 0) is 25.5 Å². The largest absolute Gasteiger partial charge is 0.368 e. The number of H-pyrrole nitrogens is 1. The normalized spacial score (nSPS) is 17.6. The van der Waals surface area contributed by atoms with Crippen molar-refractivity contribution in [1.29, 1.82) is 0 Å². The molecule has 4 heterocycles. The number of aryl methyl sites for hydroxylation is 2. The van der Waals surface area contributed by atoms with Crippen molar-refractivity contribution < 1.29 is 9.53 Å². The topological polar surface area (TPSA) is 92.6 Å². The zero-order chi connectivity index (χ0) is 18.3. The summed E-state index contributed by atoms with van der Waals surface area (Å²) in [4.78, 5) is 37.6. The van der Waals surface area contributed by atoms with Crippen molar-refractivity contribution in [3.63, 3.8) is 0 Å². The van der Waals surface area contributed by atoms with Gasteiger partial charge in [-0.25, -0.2) is 9.97 Å². The van der Waals surface area contributed by atoms with Crippen molar-refractivity contribution in [2.75, 3.05) is 19.7 Å². The van der Waals surface area contributed by atoms with Crippen LogP contribution in [-0.2, 0) is 4.74 Å². The van der Waals surface area contributed by atoms with E-state index in [0.29, 0.717) is 36.9 Å². The molecule has 0 aliphatic carbocycles. The van der Waals surface area contributed by atoms with Gasteiger partial charge in [0, 0.05) is 25.0 Å². The third-order valence-corrected chi connectivity index (χ3v) is 4.38. The van der Waals surface area contributed by atoms with Crippen LogP contribution in [0.15, 0.2) is 35.4 Å². The molecule has 8 heteroatoms. The Kier molecular flexibility index (Phi) is 4.04. The minimum absolute atomic E-state index is 0.152. The quantitative estimate of drug-likeness (QED) is 0.748. The molecule has 1 amide bonds. The van der Waals surface area contributed by atoms with E-state index in [2.05, 4.69) is 15.0 Å². The maximum atomic E-state index is 12.9. The maximum Gasteiger partial charge on any atom is 0.274 e. The fourth-order valence-corrected chi connectivity index (χ4v) is 3.15. The zero-order valence-corrected chi connectivity index (χ0v) is 14.6. The number of hydrogen-bond donors (Lipinski definition) is 1. The smallest absolute Gasteiger partial charge is 0.274 e. The van der Waals surface area contributed by atoms with Crippen LogP contribution in [0.5, 0.6) is 0 Å². The molecule has 1 N–H and O–H groups in total. The summed E-state index contributed by atoms with van der Waals surface area (Å²) >= 11 is 0. The molecule has 1 unspecified atom stereocenters. The molecule has 1 aliphatic rings. The summed E-state index contributed by atoms with van der Waals surface area (Å²) in [6.45, 7) is 4.90. The molecule has 0 aromatic carbocycles. The summed E-state index contributed by atoms with van der Waals surface area (Å²) in [5.41, 5.74) is 2.53. The van der Waals surface area contributed by atoms with Crippen molar-refractivity contribution in [2.45, 2.75) is 20.0 Å². The predicted molar refractivity (Wildman–Crippen MR) is 94.1 cm³/mol. The van der Waals surface area contributed by atoms with Gasteiger partial charge in [0.15, 0.2) is 0 Å². The molecular weight excluding hydrogens is 334 g/mol. The molecular formula is C18H19N5O3. The minimum atomic E-state index is -0.423. The average Bonchev–Trinajstić information content (AvgIpc) is 3.03. The Hall–Kier alpha value is -3.00. The first kappa shape index (κ1) is 16.5. The van der Waals surface area contributed by atoms with Crippen molar-refractivity contribution in [1.82, 2.24) is 24.3 Å². The van der Waals surface area contributed by atoms with Gasteiger partial charge in [0.05, 0.1) is 18.8 Å². The Balaban J connectivity index is 1.58. The van der Waals surface area contributed by atoms with E-state index in [1.807, 2.05) is 29.7 Å². The molecule has 8 nitrogen and oxygen atoms in total. The lowest BCUT2D eigenvalue weighted by molar-refractivity contribution is -0.0250. The first-order valence-electron chi connectivity index (χ1n) is 8.44. The maximum absolute atomic E-state index is 12.9. The molecule has 26 heavy (non-hydrogen) atoms. The van der Waals surface area contributed by atoms with Gasteiger partial charge in [0.25, 0.3) is 11.5 Å². The Labute approximate surface area is 149 Å². The summed E-state index contributed by atoms with van der Waals surface area (Å²) in [5, 5.41) is 0. The first-order valence-corrected chi connectivity index (χ1v) is 8.44. The molecule has 4 rings (SSSR count). The van der Waals surface area contributed by atoms with E-state index >= 15 is 0 Å². The number of rotatable bonds is 2. The van der Waals surface area contributed by atoms with Crippen LogP contribution in [0.2, 0.25) is 0 Å². The second-order valence-corrected chi connectivity index (χ2v) is 6.46. The fraction of sp³-hybridized carbons (Fsp3) is 0.333. The number of amides is 1. The first-order chi connectivity index (χ1) is 12.5. The number of nitrogens with zero attached hydrogens (tertiary/aromatic N) is 4. The van der Waals surface area contributed by atoms with Crippen molar-refractivity contribution in [3.05, 3.63) is 63.7 Å². The predicted octanol–water partition coefficient (Wildman–Crippen LogP) is 1.25. The van der Waals surface area contributed by atoms with Gasteiger partial charge in [-0.1, -0.05) is 6.07 Å². The number of morpholine rings is 1. The summed E-state index contributed by atoms with van der Waals surface area (Å²) in [6.07, 6.45) is 3.25. The molecule has 1 atom stereocenters. The molecule has 1 fully saturated rings. The number of pyridine rings is 1. The number of aromatic amines is 1. The molecule has 1 saturated heterocycles. The number of carbonyl (C=O) groups is 1. The Bertz CT molecular complexity index is 1040. The molecule has 134 valence electrons. The zero-order valence-electron chi connectivity index (χ0n) is 14.6. The Morgan fingerprint density at radius 3 is 2.92 bits per heavy atom. The highest BCUT2D eigenvalue weighted by atomic mass is 16.5. The van der Waals surface area contributed by atoms with Gasteiger partial charge in [-0.3, -0.25) is 9.59 Å². The standard InChI is InChI=1S/C18H19N5O3/c1-11-3-4-16-21-14(9-23(16)8-11)18(25)22-5-6-26-15(10-22)13-7-17(24)20-12(2)19-13/h3-4,7-9,15H,5-6,10H2,1-2H3,(H,19,20,24). The molecule has 3 aromatic rings. The molecule has 1 aliphatic heterocycles. The van der Waals surface area contributed by atoms with Crippen LogP contribution < -0.4 is 5.56 Å². The Morgan fingerprint density at radius 1 is 1.27 bits per heavy atom. The van der Waals surface area contributed by atoms with Crippen LogP contribution >= 0.6 is 0 Å². The van der Waals surface area contributed by atoms with Crippen molar-refractivity contribution in [3.8, 4) is 0 Å². The summed E-state index contributed by atoms with van der Waals surface area (Å²) in [5.74, 6) is 0.372. The fourth-order valence-electron chi connectivity index (χ4n) is 3.15. The summed E-state index contributed by atoms with van der Waals surface area (Å²) in [6, 6.07) is 5.26. The highest BCUT2D eigenvalue weighted by molar-refractivity contribution is 5.93. The molecule has 0 radical (unpaired) electrons. The highest BCUT2D eigenvalue weighted by Crippen LogP contribution is 2.21. The van der Waals surface area contributed by atoms with Gasteiger partial charge in [0.1, 0.15) is 23.3 Å². The number of hydrogen-bond acceptors (Lipinski definition) is 5. The number of aromatic nitrogens is 4. The minimum Gasteiger partial charge on any atom is -0.368 e. The van der Waals surface area contributed by atoms with Gasteiger partial charge < -0.3 is 19.0 Å². The van der Waals surface area contributed by atoms with E-state index in [9.17, 15) is 9.59 Å². The van der Waals surface area contributed by atoms with Crippen LogP contribution in [0.25, 0.3) is 5.65 Å². The van der Waals surface area contributed by atoms with Crippen molar-refractivity contribution in [2.24, 2.45) is 0 Å². The molecule has 3 aromatic heterocycles. The lowest BCUT2D eigenvalue weighted by atomic mass is 10.2. The SMILES string of the molecule is Cc1ccc2nc(C(=O)N3CCOC(c4cc(=O)[nH]c(C)n4)C3)cn2c1. The number of carbonyl (C=O) groups excluding carboxylic acids is 1. The van der Waals surface area contributed by atoms with E-state index in [0.717, 1.165) is 11.2 Å². The second-order valence-electron chi connectivity index (χ2n) is 6.46. The molecule has 0 spiro atoms. The van der Waals surface area contributed by atoms with Gasteiger partial charge in [0.2, 0.25) is 0 Å². The lowest BCUT2D eigenvalue weighted by Crippen LogP contribution is -2.42. The van der Waals surface area contributed by atoms with E-state index in [1.54, 1.807) is 18.0 Å². The van der Waals surface area contributed by atoms with E-state index in [-0.39, 0.29) is 11.5 Å². The summed E-state index contributed by atoms with van der Waals surface area (Å²) in [7, 11) is 0. The van der Waals surface area contributed by atoms with Crippen LogP contribution in [0.3, 0.4) is 0 Å². The van der Waals surface area contributed by atoms with Crippen LogP contribution in [0.4, 0.5) is 0 Å². The molecule has 0 bridgehead atoms. The monoisotopic (exact) mass is 353 g/mol. The van der Waals surface area contributed by atoms with Crippen LogP contribution in [0.1, 0.15) is 33.7 Å². The summed E-state index contributed by atoms with van der Waals surface area (Å²) < 4.78 is 7.58. The highest BCUT2D eigenvalue weighted by Gasteiger charge is 2.28. The van der Waals surface area contributed by atoms with Crippen LogP contribution in [-0.4, -0.2) is 49.9 Å².